The average molecular weight is 364 g/mol. The first kappa shape index (κ1) is 18.3. The number of nitrogens with one attached hydrogen (secondary N) is 1. The highest BCUT2D eigenvalue weighted by molar-refractivity contribution is 5.82. The van der Waals surface area contributed by atoms with Crippen LogP contribution in [0.4, 0.5) is 13.2 Å². The molecule has 7 heteroatoms. The van der Waals surface area contributed by atoms with E-state index in [1.165, 1.54) is 19.2 Å². The first-order valence-electron chi connectivity index (χ1n) is 8.27. The van der Waals surface area contributed by atoms with Gasteiger partial charge < -0.3 is 10.2 Å². The maximum absolute atomic E-state index is 12.8. The Balaban J connectivity index is 1.72. The molecule has 2 aromatic carbocycles. The Morgan fingerprint density at radius 1 is 1.15 bits per heavy atom. The quantitative estimate of drug-likeness (QED) is 0.843. The van der Waals surface area contributed by atoms with Crippen LogP contribution in [0, 0.1) is 0 Å². The van der Waals surface area contributed by atoms with Gasteiger partial charge in [-0.15, -0.1) is 0 Å². The number of likely N-dealkylation sites (N-methyl/N-ethyl adjacent to an activating group) is 1. The minimum Gasteiger partial charge on any atom is -0.377 e. The summed E-state index contributed by atoms with van der Waals surface area (Å²) in [6.45, 7) is 0.688. The van der Waals surface area contributed by atoms with Gasteiger partial charge in [-0.25, -0.2) is 0 Å². The van der Waals surface area contributed by atoms with Crippen LogP contribution in [0.1, 0.15) is 23.5 Å². The minimum absolute atomic E-state index is 0.00346. The molecule has 2 aromatic rings. The van der Waals surface area contributed by atoms with Crippen molar-refractivity contribution in [2.45, 2.75) is 24.6 Å². The third-order valence-corrected chi connectivity index (χ3v) is 4.43. The summed E-state index contributed by atoms with van der Waals surface area (Å²) in [4.78, 5) is 18.1. The van der Waals surface area contributed by atoms with E-state index in [-0.39, 0.29) is 17.6 Å². The molecule has 3 rings (SSSR count). The molecule has 1 fully saturated rings. The van der Waals surface area contributed by atoms with Gasteiger partial charge in [0.15, 0.2) is 5.75 Å². The van der Waals surface area contributed by atoms with Crippen molar-refractivity contribution in [2.24, 2.45) is 0 Å². The van der Waals surface area contributed by atoms with E-state index >= 15 is 0 Å². The fourth-order valence-electron chi connectivity index (χ4n) is 3.15. The Labute approximate surface area is 149 Å². The normalized spacial score (nSPS) is 20.0. The van der Waals surface area contributed by atoms with Crippen molar-refractivity contribution >= 4 is 5.91 Å². The number of halogens is 3. The molecule has 138 valence electrons. The van der Waals surface area contributed by atoms with E-state index in [0.717, 1.165) is 29.2 Å². The highest BCUT2D eigenvalue weighted by Gasteiger charge is 2.36. The van der Waals surface area contributed by atoms with Gasteiger partial charge in [-0.1, -0.05) is 36.4 Å². The van der Waals surface area contributed by atoms with Crippen molar-refractivity contribution in [3.05, 3.63) is 65.7 Å². The summed E-state index contributed by atoms with van der Waals surface area (Å²) in [7, 11) is 1.41. The molecule has 0 saturated carbocycles. The number of carbonyl (C=O) groups is 1. The Morgan fingerprint density at radius 3 is 2.58 bits per heavy atom. The number of alkyl halides is 3. The van der Waals surface area contributed by atoms with Gasteiger partial charge in [0.2, 0.25) is 0 Å². The molecule has 4 nitrogen and oxygen atoms in total. The maximum Gasteiger partial charge on any atom is 0.416 e. The Morgan fingerprint density at radius 2 is 1.88 bits per heavy atom. The van der Waals surface area contributed by atoms with E-state index in [1.54, 1.807) is 0 Å². The van der Waals surface area contributed by atoms with Crippen molar-refractivity contribution in [1.29, 1.82) is 0 Å². The van der Waals surface area contributed by atoms with E-state index in [0.29, 0.717) is 6.54 Å². The van der Waals surface area contributed by atoms with Crippen molar-refractivity contribution in [3.8, 4) is 5.75 Å². The van der Waals surface area contributed by atoms with Crippen molar-refractivity contribution in [3.63, 3.8) is 0 Å². The topological polar surface area (TPSA) is 41.6 Å². The van der Waals surface area contributed by atoms with Gasteiger partial charge in [-0.05, 0) is 36.7 Å². The van der Waals surface area contributed by atoms with Crippen LogP contribution in [0.3, 0.4) is 0 Å². The largest absolute Gasteiger partial charge is 0.416 e. The molecule has 0 spiro atoms. The molecule has 0 radical (unpaired) electrons. The predicted octanol–water partition coefficient (Wildman–Crippen LogP) is 3.60. The lowest BCUT2D eigenvalue weighted by atomic mass is 9.91. The minimum atomic E-state index is -4.46. The number of hydrogen-bond donors (Lipinski definition) is 1. The number of carbonyl (C=O) groups excluding carboxylic acids is 1. The van der Waals surface area contributed by atoms with E-state index in [2.05, 4.69) is 5.32 Å². The summed E-state index contributed by atoms with van der Waals surface area (Å²) in [5.41, 5.74) is 0.223. The van der Waals surface area contributed by atoms with Crippen molar-refractivity contribution < 1.29 is 22.8 Å². The van der Waals surface area contributed by atoms with E-state index in [9.17, 15) is 18.0 Å². The summed E-state index contributed by atoms with van der Waals surface area (Å²) < 4.78 is 38.4. The molecule has 1 aliphatic heterocycles. The summed E-state index contributed by atoms with van der Waals surface area (Å²) in [5.74, 6) is -0.366. The van der Waals surface area contributed by atoms with E-state index < -0.39 is 17.8 Å². The number of benzene rings is 2. The highest BCUT2D eigenvalue weighted by atomic mass is 19.4. The van der Waals surface area contributed by atoms with Crippen LogP contribution in [0.15, 0.2) is 54.6 Å². The zero-order valence-corrected chi connectivity index (χ0v) is 14.2. The van der Waals surface area contributed by atoms with Gasteiger partial charge in [0.05, 0.1) is 11.6 Å². The smallest absolute Gasteiger partial charge is 0.377 e. The molecular formula is C19H19F3N2O2. The van der Waals surface area contributed by atoms with Crippen LogP contribution in [-0.2, 0) is 11.0 Å². The second kappa shape index (κ2) is 7.37. The Hall–Kier alpha value is -2.54. The molecule has 0 bridgehead atoms. The predicted molar refractivity (Wildman–Crippen MR) is 90.4 cm³/mol. The number of rotatable bonds is 4. The van der Waals surface area contributed by atoms with Crippen LogP contribution in [0.5, 0.6) is 5.75 Å². The molecule has 1 saturated heterocycles. The zero-order valence-electron chi connectivity index (χ0n) is 14.2. The molecule has 1 unspecified atom stereocenters. The van der Waals surface area contributed by atoms with E-state index in [1.807, 2.05) is 30.3 Å². The van der Waals surface area contributed by atoms with Crippen LogP contribution in [0.25, 0.3) is 0 Å². The van der Waals surface area contributed by atoms with Gasteiger partial charge in [0.1, 0.15) is 0 Å². The standard InChI is InChI=1S/C19H19F3N2O2/c1-24(26-15-9-5-8-14(12-15)19(20,21)22)18(25)17-16(10-11-23-17)13-6-3-2-4-7-13/h2-9,12,16-17,23H,10-11H2,1H3/t16?,17-/m1/s1. The summed E-state index contributed by atoms with van der Waals surface area (Å²) >= 11 is 0. The monoisotopic (exact) mass is 364 g/mol. The molecule has 1 aliphatic rings. The van der Waals surface area contributed by atoms with E-state index in [4.69, 9.17) is 4.84 Å². The van der Waals surface area contributed by atoms with Gasteiger partial charge >= 0.3 is 6.18 Å². The maximum atomic E-state index is 12.8. The fourth-order valence-corrected chi connectivity index (χ4v) is 3.15. The van der Waals surface area contributed by atoms with Gasteiger partial charge in [0, 0.05) is 13.0 Å². The lowest BCUT2D eigenvalue weighted by molar-refractivity contribution is -0.155. The first-order valence-corrected chi connectivity index (χ1v) is 8.27. The lowest BCUT2D eigenvalue weighted by Gasteiger charge is -2.25. The Kier molecular flexibility index (Phi) is 5.18. The number of amides is 1. The molecule has 1 heterocycles. The van der Waals surface area contributed by atoms with Crippen molar-refractivity contribution in [1.82, 2.24) is 10.4 Å². The highest BCUT2D eigenvalue weighted by Crippen LogP contribution is 2.32. The zero-order chi connectivity index (χ0) is 18.7. The number of hydroxylamine groups is 2. The molecule has 2 atom stereocenters. The average Bonchev–Trinajstić information content (AvgIpc) is 3.11. The SMILES string of the molecule is CN(Oc1cccc(C(F)(F)F)c1)C(=O)[C@@H]1NCCC1c1ccccc1. The third kappa shape index (κ3) is 3.99. The third-order valence-electron chi connectivity index (χ3n) is 4.43. The van der Waals surface area contributed by atoms with Crippen molar-refractivity contribution in [2.75, 3.05) is 13.6 Å². The molecular weight excluding hydrogens is 345 g/mol. The lowest BCUT2D eigenvalue weighted by Crippen LogP contribution is -2.45. The molecule has 26 heavy (non-hydrogen) atoms. The fraction of sp³-hybridized carbons (Fsp3) is 0.316. The summed E-state index contributed by atoms with van der Waals surface area (Å²) in [6, 6.07) is 13.7. The number of nitrogens with zero attached hydrogens (tertiary/aromatic N) is 1. The van der Waals surface area contributed by atoms with Gasteiger partial charge in [-0.2, -0.15) is 18.2 Å². The van der Waals surface area contributed by atoms with Gasteiger partial charge in [-0.3, -0.25) is 4.79 Å². The van der Waals surface area contributed by atoms with Crippen LogP contribution < -0.4 is 10.2 Å². The summed E-state index contributed by atoms with van der Waals surface area (Å²) in [5, 5.41) is 4.15. The Bertz CT molecular complexity index is 765. The van der Waals surface area contributed by atoms with Crippen LogP contribution in [0.2, 0.25) is 0 Å². The molecule has 0 aliphatic carbocycles. The molecule has 0 aromatic heterocycles. The van der Waals surface area contributed by atoms with Crippen LogP contribution >= 0.6 is 0 Å². The van der Waals surface area contributed by atoms with Crippen LogP contribution in [-0.4, -0.2) is 30.6 Å². The van der Waals surface area contributed by atoms with Gasteiger partial charge in [0.25, 0.3) is 5.91 Å². The molecule has 1 N–H and O–H groups in total. The summed E-state index contributed by atoms with van der Waals surface area (Å²) in [6.07, 6.45) is -3.66. The second-order valence-corrected chi connectivity index (χ2v) is 6.19. The first-order chi connectivity index (χ1) is 12.4. The molecule has 1 amide bonds. The number of hydrogen-bond acceptors (Lipinski definition) is 3. The second-order valence-electron chi connectivity index (χ2n) is 6.19.